The lowest BCUT2D eigenvalue weighted by atomic mass is 9.87. The lowest BCUT2D eigenvalue weighted by Crippen LogP contribution is -2.25. The quantitative estimate of drug-likeness (QED) is 0.196. The minimum absolute atomic E-state index is 0.275. The number of pyridine rings is 4. The number of hydrogen-bond acceptors (Lipinski definition) is 6. The number of nitrogens with two attached hydrogens (primary N) is 1. The van der Waals surface area contributed by atoms with E-state index in [1.165, 1.54) is 18.4 Å². The van der Waals surface area contributed by atoms with E-state index in [2.05, 4.69) is 67.5 Å². The molecule has 1 aliphatic rings. The van der Waals surface area contributed by atoms with Crippen molar-refractivity contribution in [3.8, 4) is 22.3 Å². The summed E-state index contributed by atoms with van der Waals surface area (Å²) in [5, 5.41) is 13.7. The van der Waals surface area contributed by atoms with Crippen LogP contribution in [-0.4, -0.2) is 35.2 Å². The lowest BCUT2D eigenvalue weighted by molar-refractivity contribution is 0.427. The molecule has 218 valence electrons. The van der Waals surface area contributed by atoms with Crippen LogP contribution < -0.4 is 11.1 Å². The highest BCUT2D eigenvalue weighted by molar-refractivity contribution is 5.84. The van der Waals surface area contributed by atoms with Crippen molar-refractivity contribution in [1.29, 1.82) is 0 Å². The Kier molecular flexibility index (Phi) is 7.05. The summed E-state index contributed by atoms with van der Waals surface area (Å²) in [7, 11) is 0. The summed E-state index contributed by atoms with van der Waals surface area (Å²) >= 11 is 0. The predicted molar refractivity (Wildman–Crippen MR) is 173 cm³/mol. The number of nitrogens with zero attached hydrogens (tertiary/aromatic N) is 6. The Bertz CT molecular complexity index is 1880. The van der Waals surface area contributed by atoms with Crippen LogP contribution in [-0.2, 0) is 0 Å². The maximum Gasteiger partial charge on any atom is 0.126 e. The second kappa shape index (κ2) is 11.2. The number of nitrogens with one attached hydrogen (secondary N) is 1. The molecule has 0 radical (unpaired) electrons. The van der Waals surface area contributed by atoms with E-state index in [1.807, 2.05) is 51.9 Å². The molecule has 3 atom stereocenters. The first-order valence-electron chi connectivity index (χ1n) is 15.4. The SMILES string of the molecule is CC(C)c1nn2ccccc2c1-c1ccc(NC2CCCC2CC(C)c2nn3ccccc3c2-c2ccnc(N)c2)nc1. The largest absolute Gasteiger partial charge is 0.384 e. The second-order valence-corrected chi connectivity index (χ2v) is 12.2. The van der Waals surface area contributed by atoms with E-state index in [0.29, 0.717) is 23.7 Å². The van der Waals surface area contributed by atoms with Gasteiger partial charge < -0.3 is 11.1 Å². The molecule has 7 rings (SSSR count). The van der Waals surface area contributed by atoms with E-state index in [0.717, 1.165) is 57.8 Å². The molecule has 6 aromatic rings. The number of rotatable bonds is 8. The highest BCUT2D eigenvalue weighted by Gasteiger charge is 2.31. The number of nitrogen functional groups attached to an aromatic ring is 1. The first kappa shape index (κ1) is 27.1. The van der Waals surface area contributed by atoms with Gasteiger partial charge >= 0.3 is 0 Å². The number of anilines is 2. The standard InChI is InChI=1S/C35H38N8/c1-22(2)34-33(29-12-5-6-17-42(29)40-34)26-13-14-31(38-21-26)39-27-10-8-9-24(27)19-23(3)35-32(25-15-16-37-30(36)20-25)28-11-4-7-18-43(28)41-35/h4-7,11-18,20-24,27H,8-10,19H2,1-3H3,(H2,36,37)(H,38,39). The van der Waals surface area contributed by atoms with Gasteiger partial charge in [-0.3, -0.25) is 0 Å². The molecule has 3 unspecified atom stereocenters. The van der Waals surface area contributed by atoms with Gasteiger partial charge in [0, 0.05) is 53.4 Å². The van der Waals surface area contributed by atoms with Crippen molar-refractivity contribution < 1.29 is 0 Å². The Morgan fingerprint density at radius 2 is 1.56 bits per heavy atom. The first-order valence-corrected chi connectivity index (χ1v) is 15.4. The average Bonchev–Trinajstić information content (AvgIpc) is 3.73. The number of hydrogen-bond donors (Lipinski definition) is 2. The van der Waals surface area contributed by atoms with Gasteiger partial charge in [-0.15, -0.1) is 0 Å². The zero-order chi connectivity index (χ0) is 29.5. The summed E-state index contributed by atoms with van der Waals surface area (Å²) in [6, 6.07) is 21.1. The average molecular weight is 571 g/mol. The number of aromatic nitrogens is 6. The summed E-state index contributed by atoms with van der Waals surface area (Å²) in [6.45, 7) is 6.69. The molecule has 1 saturated carbocycles. The zero-order valence-electron chi connectivity index (χ0n) is 25.0. The third-order valence-electron chi connectivity index (χ3n) is 8.92. The molecule has 43 heavy (non-hydrogen) atoms. The molecular weight excluding hydrogens is 532 g/mol. The van der Waals surface area contributed by atoms with Crippen LogP contribution in [0.4, 0.5) is 11.6 Å². The molecule has 0 aliphatic heterocycles. The van der Waals surface area contributed by atoms with E-state index < -0.39 is 0 Å². The van der Waals surface area contributed by atoms with Gasteiger partial charge in [-0.05, 0) is 85.2 Å². The van der Waals surface area contributed by atoms with Crippen LogP contribution in [0.25, 0.3) is 33.3 Å². The van der Waals surface area contributed by atoms with Gasteiger partial charge in [0.05, 0.1) is 22.4 Å². The van der Waals surface area contributed by atoms with E-state index in [1.54, 1.807) is 6.20 Å². The summed E-state index contributed by atoms with van der Waals surface area (Å²) in [6.07, 6.45) is 12.4. The van der Waals surface area contributed by atoms with Gasteiger partial charge in [-0.2, -0.15) is 10.2 Å². The van der Waals surface area contributed by atoms with Crippen molar-refractivity contribution >= 4 is 22.7 Å². The summed E-state index contributed by atoms with van der Waals surface area (Å²) < 4.78 is 3.96. The number of fused-ring (bicyclic) bond motifs is 2. The molecule has 8 nitrogen and oxygen atoms in total. The molecule has 1 fully saturated rings. The van der Waals surface area contributed by atoms with E-state index in [4.69, 9.17) is 20.9 Å². The highest BCUT2D eigenvalue weighted by atomic mass is 15.2. The maximum absolute atomic E-state index is 6.08. The second-order valence-electron chi connectivity index (χ2n) is 12.2. The monoisotopic (exact) mass is 570 g/mol. The Labute approximate surface area is 252 Å². The van der Waals surface area contributed by atoms with Crippen LogP contribution in [0.15, 0.2) is 85.5 Å². The summed E-state index contributed by atoms with van der Waals surface area (Å²) in [4.78, 5) is 9.10. The summed E-state index contributed by atoms with van der Waals surface area (Å²) in [5.41, 5.74) is 15.0. The van der Waals surface area contributed by atoms with Gasteiger partial charge in [-0.1, -0.05) is 39.3 Å². The molecule has 1 aliphatic carbocycles. The van der Waals surface area contributed by atoms with Crippen molar-refractivity contribution in [2.24, 2.45) is 5.92 Å². The molecule has 0 spiro atoms. The van der Waals surface area contributed by atoms with Crippen molar-refractivity contribution in [2.45, 2.75) is 64.3 Å². The Balaban J connectivity index is 1.12. The zero-order valence-corrected chi connectivity index (χ0v) is 25.0. The Morgan fingerprint density at radius 1 is 0.837 bits per heavy atom. The smallest absolute Gasteiger partial charge is 0.126 e. The molecule has 3 N–H and O–H groups in total. The van der Waals surface area contributed by atoms with Crippen LogP contribution in [0.1, 0.15) is 69.7 Å². The van der Waals surface area contributed by atoms with Gasteiger partial charge in [0.1, 0.15) is 11.6 Å². The van der Waals surface area contributed by atoms with Crippen LogP contribution >= 0.6 is 0 Å². The van der Waals surface area contributed by atoms with E-state index in [-0.39, 0.29) is 5.92 Å². The third kappa shape index (κ3) is 5.11. The predicted octanol–water partition coefficient (Wildman–Crippen LogP) is 7.59. The molecule has 8 heteroatoms. The normalized spacial score (nSPS) is 17.7. The first-order chi connectivity index (χ1) is 21.0. The van der Waals surface area contributed by atoms with Crippen molar-refractivity contribution in [2.75, 3.05) is 11.1 Å². The van der Waals surface area contributed by atoms with Crippen LogP contribution in [0.5, 0.6) is 0 Å². The summed E-state index contributed by atoms with van der Waals surface area (Å²) in [5.74, 6) is 2.57. The molecular formula is C35H38N8. The highest BCUT2D eigenvalue weighted by Crippen LogP contribution is 2.40. The van der Waals surface area contributed by atoms with Crippen molar-refractivity contribution in [1.82, 2.24) is 29.2 Å². The van der Waals surface area contributed by atoms with E-state index >= 15 is 0 Å². The lowest BCUT2D eigenvalue weighted by Gasteiger charge is -2.24. The molecule has 0 amide bonds. The molecule has 0 saturated heterocycles. The molecule has 6 heterocycles. The van der Waals surface area contributed by atoms with E-state index in [9.17, 15) is 0 Å². The maximum atomic E-state index is 6.08. The fourth-order valence-corrected chi connectivity index (χ4v) is 6.87. The van der Waals surface area contributed by atoms with Crippen molar-refractivity contribution in [3.63, 3.8) is 0 Å². The fourth-order valence-electron chi connectivity index (χ4n) is 6.87. The molecule has 0 bridgehead atoms. The Hall–Kier alpha value is -4.72. The van der Waals surface area contributed by atoms with Crippen molar-refractivity contribution in [3.05, 3.63) is 96.8 Å². The molecule has 6 aromatic heterocycles. The van der Waals surface area contributed by atoms with Crippen LogP contribution in [0.2, 0.25) is 0 Å². The topological polar surface area (TPSA) is 98.4 Å². The molecule has 0 aromatic carbocycles. The van der Waals surface area contributed by atoms with Gasteiger partial charge in [-0.25, -0.2) is 19.0 Å². The minimum Gasteiger partial charge on any atom is -0.384 e. The van der Waals surface area contributed by atoms with Gasteiger partial charge in [0.2, 0.25) is 0 Å². The minimum atomic E-state index is 0.275. The van der Waals surface area contributed by atoms with Crippen LogP contribution in [0.3, 0.4) is 0 Å². The fraction of sp³-hybridized carbons (Fsp3) is 0.314. The van der Waals surface area contributed by atoms with Crippen LogP contribution in [0, 0.1) is 5.92 Å². The van der Waals surface area contributed by atoms with Gasteiger partial charge in [0.25, 0.3) is 0 Å². The Morgan fingerprint density at radius 3 is 2.23 bits per heavy atom. The van der Waals surface area contributed by atoms with Gasteiger partial charge in [0.15, 0.2) is 0 Å². The third-order valence-corrected chi connectivity index (χ3v) is 8.92.